The van der Waals surface area contributed by atoms with E-state index < -0.39 is 0 Å². The Morgan fingerprint density at radius 1 is 1.17 bits per heavy atom. The Balaban J connectivity index is 3.99. The summed E-state index contributed by atoms with van der Waals surface area (Å²) in [6.45, 7) is 4.03. The van der Waals surface area contributed by atoms with Gasteiger partial charge in [-0.25, -0.2) is 0 Å². The Labute approximate surface area is 74.9 Å². The molecule has 0 atom stereocenters. The predicted octanol–water partition coefficient (Wildman–Crippen LogP) is 2.87. The van der Waals surface area contributed by atoms with Crippen molar-refractivity contribution in [2.24, 2.45) is 0 Å². The largest absolute Gasteiger partial charge is 0.501 e. The van der Waals surface area contributed by atoms with Gasteiger partial charge in [-0.15, -0.1) is 0 Å². The highest BCUT2D eigenvalue weighted by atomic mass is 16.5. The molecule has 0 aromatic heterocycles. The van der Waals surface area contributed by atoms with E-state index in [-0.39, 0.29) is 0 Å². The zero-order chi connectivity index (χ0) is 9.40. The summed E-state index contributed by atoms with van der Waals surface area (Å²) in [7, 11) is 3.37. The molecule has 0 rings (SSSR count). The van der Waals surface area contributed by atoms with E-state index >= 15 is 0 Å². The molecular formula is C10H18O2. The van der Waals surface area contributed by atoms with Gasteiger partial charge in [-0.05, 0) is 19.1 Å². The van der Waals surface area contributed by atoms with Gasteiger partial charge in [-0.3, -0.25) is 0 Å². The van der Waals surface area contributed by atoms with Gasteiger partial charge in [0.1, 0.15) is 0 Å². The van der Waals surface area contributed by atoms with Crippen LogP contribution in [0.3, 0.4) is 0 Å². The predicted molar refractivity (Wildman–Crippen MR) is 50.8 cm³/mol. The first-order valence-corrected chi connectivity index (χ1v) is 4.20. The van der Waals surface area contributed by atoms with E-state index in [1.54, 1.807) is 14.2 Å². The molecule has 0 bridgehead atoms. The van der Waals surface area contributed by atoms with Crippen LogP contribution in [0.25, 0.3) is 0 Å². The molecule has 0 aliphatic carbocycles. The van der Waals surface area contributed by atoms with E-state index in [2.05, 4.69) is 6.92 Å². The van der Waals surface area contributed by atoms with E-state index in [0.717, 1.165) is 24.4 Å². The Morgan fingerprint density at radius 2 is 1.75 bits per heavy atom. The molecule has 70 valence electrons. The molecule has 0 amide bonds. The molecule has 2 heteroatoms. The minimum atomic E-state index is 0.810. The van der Waals surface area contributed by atoms with Crippen LogP contribution in [0.5, 0.6) is 0 Å². The molecule has 0 spiro atoms. The molecule has 0 heterocycles. The lowest BCUT2D eigenvalue weighted by atomic mass is 10.2. The van der Waals surface area contributed by atoms with Gasteiger partial charge in [0, 0.05) is 12.8 Å². The van der Waals surface area contributed by atoms with Crippen LogP contribution in [0.15, 0.2) is 23.7 Å². The van der Waals surface area contributed by atoms with Crippen LogP contribution < -0.4 is 0 Å². The highest BCUT2D eigenvalue weighted by Crippen LogP contribution is 2.08. The number of allylic oxidation sites excluding steroid dienone is 3. The van der Waals surface area contributed by atoms with Gasteiger partial charge in [0.05, 0.1) is 25.7 Å². The van der Waals surface area contributed by atoms with Gasteiger partial charge in [-0.1, -0.05) is 6.92 Å². The molecule has 0 saturated carbocycles. The van der Waals surface area contributed by atoms with Crippen LogP contribution >= 0.6 is 0 Å². The fourth-order valence-corrected chi connectivity index (χ4v) is 0.905. The quantitative estimate of drug-likeness (QED) is 0.591. The number of hydrogen-bond donors (Lipinski definition) is 0. The molecule has 0 aliphatic rings. The average Bonchev–Trinajstić information content (AvgIpc) is 2.13. The summed E-state index contributed by atoms with van der Waals surface area (Å²) in [5.74, 6) is 1.98. The van der Waals surface area contributed by atoms with Crippen LogP contribution in [-0.2, 0) is 9.47 Å². The summed E-state index contributed by atoms with van der Waals surface area (Å²) in [6, 6.07) is 0. The lowest BCUT2D eigenvalue weighted by molar-refractivity contribution is 0.268. The molecule has 0 aromatic carbocycles. The van der Waals surface area contributed by atoms with Gasteiger partial charge in [-0.2, -0.15) is 0 Å². The summed E-state index contributed by atoms with van der Waals surface area (Å²) < 4.78 is 10.2. The van der Waals surface area contributed by atoms with E-state index in [1.165, 1.54) is 0 Å². The fraction of sp³-hybridized carbons (Fsp3) is 0.600. The van der Waals surface area contributed by atoms with Crippen molar-refractivity contribution in [1.29, 1.82) is 0 Å². The van der Waals surface area contributed by atoms with E-state index in [0.29, 0.717) is 0 Å². The molecular weight excluding hydrogens is 152 g/mol. The molecule has 0 unspecified atom stereocenters. The smallest absolute Gasteiger partial charge is 0.0951 e. The van der Waals surface area contributed by atoms with Crippen LogP contribution in [0.2, 0.25) is 0 Å². The van der Waals surface area contributed by atoms with Gasteiger partial charge in [0.15, 0.2) is 0 Å². The molecule has 0 N–H and O–H groups in total. The number of methoxy groups -OCH3 is 2. The van der Waals surface area contributed by atoms with Gasteiger partial charge < -0.3 is 9.47 Å². The lowest BCUT2D eigenvalue weighted by Gasteiger charge is -2.04. The maximum atomic E-state index is 5.12. The van der Waals surface area contributed by atoms with Crippen molar-refractivity contribution in [3.63, 3.8) is 0 Å². The molecule has 0 saturated heterocycles. The molecule has 0 fully saturated rings. The number of ether oxygens (including phenoxy) is 2. The second-order valence-corrected chi connectivity index (χ2v) is 2.39. The van der Waals surface area contributed by atoms with Crippen molar-refractivity contribution in [1.82, 2.24) is 0 Å². The Hall–Kier alpha value is -0.920. The standard InChI is InChI=1S/C10H18O2/c1-5-9(11-3)7-8-10(6-2)12-4/h5,8H,6-7H2,1-4H3. The fourth-order valence-electron chi connectivity index (χ4n) is 0.905. The van der Waals surface area contributed by atoms with E-state index in [1.807, 2.05) is 19.1 Å². The lowest BCUT2D eigenvalue weighted by Crippen LogP contribution is -1.88. The highest BCUT2D eigenvalue weighted by Gasteiger charge is 1.94. The molecule has 2 nitrogen and oxygen atoms in total. The normalized spacial score (nSPS) is 13.0. The first-order chi connectivity index (χ1) is 5.78. The summed E-state index contributed by atoms with van der Waals surface area (Å²) >= 11 is 0. The maximum absolute atomic E-state index is 5.12. The second kappa shape index (κ2) is 6.77. The molecule has 0 aromatic rings. The Bertz CT molecular complexity index is 163. The van der Waals surface area contributed by atoms with Crippen molar-refractivity contribution in [3.8, 4) is 0 Å². The van der Waals surface area contributed by atoms with Gasteiger partial charge in [0.2, 0.25) is 0 Å². The van der Waals surface area contributed by atoms with Crippen molar-refractivity contribution < 1.29 is 9.47 Å². The van der Waals surface area contributed by atoms with Crippen LogP contribution in [-0.4, -0.2) is 14.2 Å². The minimum absolute atomic E-state index is 0.810. The van der Waals surface area contributed by atoms with Crippen molar-refractivity contribution in [2.75, 3.05) is 14.2 Å². The van der Waals surface area contributed by atoms with Crippen LogP contribution in [0, 0.1) is 0 Å². The molecule has 12 heavy (non-hydrogen) atoms. The van der Waals surface area contributed by atoms with E-state index in [4.69, 9.17) is 9.47 Å². The van der Waals surface area contributed by atoms with Gasteiger partial charge >= 0.3 is 0 Å². The summed E-state index contributed by atoms with van der Waals surface area (Å²) in [4.78, 5) is 0. The second-order valence-electron chi connectivity index (χ2n) is 2.39. The number of rotatable bonds is 5. The van der Waals surface area contributed by atoms with Crippen molar-refractivity contribution >= 4 is 0 Å². The third-order valence-electron chi connectivity index (χ3n) is 1.73. The monoisotopic (exact) mass is 170 g/mol. The average molecular weight is 170 g/mol. The highest BCUT2D eigenvalue weighted by molar-refractivity contribution is 5.02. The Kier molecular flexibility index (Phi) is 6.25. The summed E-state index contributed by atoms with van der Waals surface area (Å²) in [5, 5.41) is 0. The molecule has 0 radical (unpaired) electrons. The number of hydrogen-bond acceptors (Lipinski definition) is 2. The third-order valence-corrected chi connectivity index (χ3v) is 1.73. The van der Waals surface area contributed by atoms with Crippen molar-refractivity contribution in [3.05, 3.63) is 23.7 Å². The molecule has 0 aliphatic heterocycles. The van der Waals surface area contributed by atoms with E-state index in [9.17, 15) is 0 Å². The zero-order valence-electron chi connectivity index (χ0n) is 8.39. The summed E-state index contributed by atoms with van der Waals surface area (Å²) in [6.07, 6.45) is 5.74. The first kappa shape index (κ1) is 11.1. The maximum Gasteiger partial charge on any atom is 0.0951 e. The van der Waals surface area contributed by atoms with Crippen LogP contribution in [0.4, 0.5) is 0 Å². The SMILES string of the molecule is CC=C(CC=C(CC)OC)OC. The topological polar surface area (TPSA) is 18.5 Å². The first-order valence-electron chi connectivity index (χ1n) is 4.20. The zero-order valence-corrected chi connectivity index (χ0v) is 8.39. The van der Waals surface area contributed by atoms with Gasteiger partial charge in [0.25, 0.3) is 0 Å². The third kappa shape index (κ3) is 4.06. The summed E-state index contributed by atoms with van der Waals surface area (Å²) in [5.41, 5.74) is 0. The van der Waals surface area contributed by atoms with Crippen LogP contribution in [0.1, 0.15) is 26.7 Å². The Morgan fingerprint density at radius 3 is 2.08 bits per heavy atom. The van der Waals surface area contributed by atoms with Crippen molar-refractivity contribution in [2.45, 2.75) is 26.7 Å². The minimum Gasteiger partial charge on any atom is -0.501 e.